The van der Waals surface area contributed by atoms with E-state index in [1.54, 1.807) is 30.3 Å². The van der Waals surface area contributed by atoms with E-state index in [0.717, 1.165) is 19.0 Å². The zero-order chi connectivity index (χ0) is 39.1. The van der Waals surface area contributed by atoms with Crippen molar-refractivity contribution < 1.29 is 57.2 Å². The Morgan fingerprint density at radius 2 is 1.80 bits per heavy atom. The monoisotopic (exact) mass is 767 g/mol. The Labute approximate surface area is 308 Å². The van der Waals surface area contributed by atoms with Crippen molar-refractivity contribution >= 4 is 37.1 Å². The number of aromatic nitrogens is 3. The van der Waals surface area contributed by atoms with Gasteiger partial charge in [-0.1, -0.05) is 42.5 Å². The van der Waals surface area contributed by atoms with E-state index in [1.165, 1.54) is 54.9 Å². The van der Waals surface area contributed by atoms with E-state index in [4.69, 9.17) is 33.7 Å². The SMILES string of the molecule is COC(=O)[C@H](C)NP(=O)(OC[C@@]1(C#N)OC[C@@](O)(c2ccc3c(N)ncnn23)[C@@H]1O)Oc1ccc(C[C@H](NC(=O)OCc2ccccc2)C(=O)OC)cc1. The van der Waals surface area contributed by atoms with Gasteiger partial charge in [0.2, 0.25) is 5.60 Å². The number of nitriles is 1. The molecular weight excluding hydrogens is 729 g/mol. The molecule has 1 unspecified atom stereocenters. The second-order valence-corrected chi connectivity index (χ2v) is 13.8. The number of nitrogens with two attached hydrogens (primary N) is 1. The third-order valence-corrected chi connectivity index (χ3v) is 10.1. The lowest BCUT2D eigenvalue weighted by Gasteiger charge is -2.31. The number of aliphatic hydroxyl groups excluding tert-OH is 1. The van der Waals surface area contributed by atoms with Gasteiger partial charge in [0.25, 0.3) is 0 Å². The molecule has 3 heterocycles. The minimum Gasteiger partial charge on any atom is -0.468 e. The molecule has 0 aliphatic carbocycles. The third-order valence-electron chi connectivity index (χ3n) is 8.49. The molecule has 4 aromatic rings. The number of carbonyl (C=O) groups excluding carboxylic acids is 3. The Balaban J connectivity index is 1.30. The van der Waals surface area contributed by atoms with E-state index in [0.29, 0.717) is 11.1 Å². The van der Waals surface area contributed by atoms with Crippen LogP contribution in [0.1, 0.15) is 23.7 Å². The molecule has 6 N–H and O–H groups in total. The lowest BCUT2D eigenvalue weighted by atomic mass is 9.86. The number of methoxy groups -OCH3 is 2. The molecule has 1 amide bonds. The third kappa shape index (κ3) is 8.60. The number of nitrogens with one attached hydrogen (secondary N) is 2. The molecule has 1 aliphatic heterocycles. The van der Waals surface area contributed by atoms with Crippen LogP contribution in [0.25, 0.3) is 5.52 Å². The summed E-state index contributed by atoms with van der Waals surface area (Å²) in [5.41, 5.74) is 3.01. The maximum atomic E-state index is 14.2. The number of amides is 1. The summed E-state index contributed by atoms with van der Waals surface area (Å²) in [6.45, 7) is -0.222. The normalized spacial score (nSPS) is 21.6. The molecule has 0 spiro atoms. The molecule has 1 fully saturated rings. The van der Waals surface area contributed by atoms with E-state index in [-0.39, 0.29) is 30.3 Å². The number of fused-ring (bicyclic) bond motifs is 1. The highest BCUT2D eigenvalue weighted by atomic mass is 31.2. The quantitative estimate of drug-likeness (QED) is 0.0652. The lowest BCUT2D eigenvalue weighted by molar-refractivity contribution is -0.143. The summed E-state index contributed by atoms with van der Waals surface area (Å²) in [4.78, 5) is 41.1. The number of nitrogens with zero attached hydrogens (tertiary/aromatic N) is 4. The van der Waals surface area contributed by atoms with Crippen molar-refractivity contribution in [3.05, 3.63) is 89.9 Å². The first kappa shape index (κ1) is 39.6. The Morgan fingerprint density at radius 3 is 2.46 bits per heavy atom. The highest BCUT2D eigenvalue weighted by Gasteiger charge is 2.61. The number of nitrogen functional groups attached to an aromatic ring is 1. The van der Waals surface area contributed by atoms with Crippen LogP contribution in [0, 0.1) is 11.3 Å². The number of anilines is 1. The molecule has 19 nitrogen and oxygen atoms in total. The molecule has 1 aliphatic rings. The fourth-order valence-electron chi connectivity index (χ4n) is 5.56. The highest BCUT2D eigenvalue weighted by molar-refractivity contribution is 7.52. The summed E-state index contributed by atoms with van der Waals surface area (Å²) in [6, 6.07) is 17.1. The maximum absolute atomic E-state index is 14.2. The van der Waals surface area contributed by atoms with Gasteiger partial charge >= 0.3 is 25.8 Å². The van der Waals surface area contributed by atoms with E-state index in [2.05, 4.69) is 20.5 Å². The van der Waals surface area contributed by atoms with Crippen molar-refractivity contribution in [2.45, 2.75) is 49.3 Å². The number of rotatable bonds is 15. The van der Waals surface area contributed by atoms with Crippen LogP contribution in [0.2, 0.25) is 0 Å². The number of benzene rings is 2. The summed E-state index contributed by atoms with van der Waals surface area (Å²) in [6.07, 6.45) is -1.71. The van der Waals surface area contributed by atoms with Crippen LogP contribution in [0.4, 0.5) is 10.6 Å². The van der Waals surface area contributed by atoms with Gasteiger partial charge in [0, 0.05) is 6.42 Å². The summed E-state index contributed by atoms with van der Waals surface area (Å²) < 4.78 is 47.2. The van der Waals surface area contributed by atoms with Gasteiger partial charge in [0.15, 0.2) is 11.4 Å². The Hall–Kier alpha value is -5.61. The van der Waals surface area contributed by atoms with Crippen LogP contribution in [0.3, 0.4) is 0 Å². The summed E-state index contributed by atoms with van der Waals surface area (Å²) in [5, 5.41) is 42.2. The van der Waals surface area contributed by atoms with Crippen molar-refractivity contribution in [2.75, 3.05) is 33.2 Å². The molecule has 0 bridgehead atoms. The predicted octanol–water partition coefficient (Wildman–Crippen LogP) is 1.52. The molecule has 0 radical (unpaired) electrons. The molecule has 1 saturated heterocycles. The van der Waals surface area contributed by atoms with Gasteiger partial charge in [0.1, 0.15) is 55.1 Å². The van der Waals surface area contributed by atoms with Crippen LogP contribution in [0.15, 0.2) is 73.1 Å². The van der Waals surface area contributed by atoms with Gasteiger partial charge in [-0.15, -0.1) is 0 Å². The van der Waals surface area contributed by atoms with Crippen LogP contribution >= 0.6 is 7.75 Å². The second-order valence-electron chi connectivity index (χ2n) is 12.1. The molecular formula is C34H38N7O12P. The second kappa shape index (κ2) is 16.6. The number of aliphatic hydroxyl groups is 2. The topological polar surface area (TPSA) is 268 Å². The minimum atomic E-state index is -4.63. The van der Waals surface area contributed by atoms with Crippen LogP contribution in [-0.4, -0.2) is 94.1 Å². The van der Waals surface area contributed by atoms with E-state index >= 15 is 0 Å². The zero-order valence-corrected chi connectivity index (χ0v) is 30.2. The average Bonchev–Trinajstić information content (AvgIpc) is 3.73. The molecule has 2 aromatic carbocycles. The van der Waals surface area contributed by atoms with Crippen molar-refractivity contribution in [2.24, 2.45) is 0 Å². The number of alkyl carbamates (subject to hydrolysis) is 1. The number of hydrogen-bond donors (Lipinski definition) is 5. The number of esters is 2. The lowest BCUT2D eigenvalue weighted by Crippen LogP contribution is -2.51. The van der Waals surface area contributed by atoms with Crippen molar-refractivity contribution in [1.29, 1.82) is 5.26 Å². The molecule has 0 saturated carbocycles. The fraction of sp³-hybridized carbons (Fsp3) is 0.353. The molecule has 6 atom stereocenters. The Morgan fingerprint density at radius 1 is 1.09 bits per heavy atom. The van der Waals surface area contributed by atoms with Gasteiger partial charge in [-0.3, -0.25) is 9.32 Å². The number of ether oxygens (including phenoxy) is 4. The van der Waals surface area contributed by atoms with Gasteiger partial charge in [-0.25, -0.2) is 23.7 Å². The zero-order valence-electron chi connectivity index (χ0n) is 29.3. The van der Waals surface area contributed by atoms with Crippen molar-refractivity contribution in [3.63, 3.8) is 0 Å². The Kier molecular flexibility index (Phi) is 12.2. The molecule has 54 heavy (non-hydrogen) atoms. The predicted molar refractivity (Wildman–Crippen MR) is 186 cm³/mol. The standard InChI is InChI=1S/C34H38N7O12P/c1-21(29(42)48-2)40-54(47,52-18-33(17-35)31(44)34(46,19-51-33)27-14-13-26-28(36)37-20-38-41(26)27)53-24-11-9-22(10-12-24)15-25(30(43)49-3)39-32(45)50-16-23-7-5-4-6-8-23/h4-14,20-21,25,31,44,46H,15-16,18-19H2,1-3H3,(H,39,45)(H,40,47)(H2,36,37,38)/t21-,25-,31+,33+,34+,54?/m0/s1. The van der Waals surface area contributed by atoms with Gasteiger partial charge < -0.3 is 44.7 Å². The summed E-state index contributed by atoms with van der Waals surface area (Å²) in [5.74, 6) is -1.52. The first-order valence-electron chi connectivity index (χ1n) is 16.2. The summed E-state index contributed by atoms with van der Waals surface area (Å²) >= 11 is 0. The molecule has 20 heteroatoms. The van der Waals surface area contributed by atoms with Gasteiger partial charge in [0.05, 0.1) is 26.5 Å². The van der Waals surface area contributed by atoms with Crippen molar-refractivity contribution in [1.82, 2.24) is 25.0 Å². The minimum absolute atomic E-state index is 0.0197. The first-order valence-corrected chi connectivity index (χ1v) is 17.8. The number of hydrogen-bond acceptors (Lipinski definition) is 16. The summed E-state index contributed by atoms with van der Waals surface area (Å²) in [7, 11) is -2.34. The van der Waals surface area contributed by atoms with Crippen LogP contribution < -0.4 is 20.7 Å². The van der Waals surface area contributed by atoms with Crippen LogP contribution in [0.5, 0.6) is 5.75 Å². The molecule has 2 aromatic heterocycles. The first-order chi connectivity index (χ1) is 25.8. The van der Waals surface area contributed by atoms with E-state index < -0.39 is 68.4 Å². The number of carbonyl (C=O) groups is 3. The fourth-order valence-corrected chi connectivity index (χ4v) is 7.08. The highest BCUT2D eigenvalue weighted by Crippen LogP contribution is 2.48. The van der Waals surface area contributed by atoms with E-state index in [1.807, 2.05) is 6.07 Å². The molecule has 5 rings (SSSR count). The smallest absolute Gasteiger partial charge is 0.459 e. The largest absolute Gasteiger partial charge is 0.468 e. The van der Waals surface area contributed by atoms with E-state index in [9.17, 15) is 34.4 Å². The maximum Gasteiger partial charge on any atom is 0.459 e. The average molecular weight is 768 g/mol. The molecule has 286 valence electrons. The Bertz CT molecular complexity index is 2060. The van der Waals surface area contributed by atoms with Crippen molar-refractivity contribution in [3.8, 4) is 11.8 Å². The van der Waals surface area contributed by atoms with Gasteiger partial charge in [-0.2, -0.15) is 15.4 Å². The van der Waals surface area contributed by atoms with Gasteiger partial charge in [-0.05, 0) is 42.3 Å². The van der Waals surface area contributed by atoms with Crippen LogP contribution in [-0.2, 0) is 56.3 Å².